The van der Waals surface area contributed by atoms with Gasteiger partial charge < -0.3 is 10.2 Å². The maximum atomic E-state index is 12.4. The summed E-state index contributed by atoms with van der Waals surface area (Å²) in [6, 6.07) is 0. The standard InChI is InChI=1S/C11H16N4O3S2/c1-12-9-6-13-8(5-14-9)11(16)15-3-4-19-7-10(15)20(2,17)18/h5-6,10H,3-4,7H2,1-2H3,(H,12,14). The molecule has 1 aromatic heterocycles. The predicted octanol–water partition coefficient (Wildman–Crippen LogP) is 0.0780. The molecule has 0 bridgehead atoms. The monoisotopic (exact) mass is 316 g/mol. The number of thioether (sulfide) groups is 1. The van der Waals surface area contributed by atoms with Crippen molar-refractivity contribution in [1.82, 2.24) is 14.9 Å². The zero-order valence-electron chi connectivity index (χ0n) is 11.2. The van der Waals surface area contributed by atoms with E-state index >= 15 is 0 Å². The second kappa shape index (κ2) is 5.96. The number of hydrogen-bond acceptors (Lipinski definition) is 7. The molecule has 1 saturated heterocycles. The van der Waals surface area contributed by atoms with E-state index < -0.39 is 21.1 Å². The summed E-state index contributed by atoms with van der Waals surface area (Å²) < 4.78 is 23.6. The lowest BCUT2D eigenvalue weighted by molar-refractivity contribution is 0.0743. The van der Waals surface area contributed by atoms with Crippen molar-refractivity contribution in [2.45, 2.75) is 5.37 Å². The molecule has 20 heavy (non-hydrogen) atoms. The smallest absolute Gasteiger partial charge is 0.275 e. The van der Waals surface area contributed by atoms with E-state index in [2.05, 4.69) is 15.3 Å². The van der Waals surface area contributed by atoms with Crippen molar-refractivity contribution in [3.8, 4) is 0 Å². The Hall–Kier alpha value is -1.35. The number of aromatic nitrogens is 2. The lowest BCUT2D eigenvalue weighted by atomic mass is 10.3. The molecule has 0 aromatic carbocycles. The molecule has 1 atom stereocenters. The van der Waals surface area contributed by atoms with Crippen LogP contribution in [-0.4, -0.2) is 65.9 Å². The fourth-order valence-corrected chi connectivity index (χ4v) is 4.70. The number of carbonyl (C=O) groups is 1. The predicted molar refractivity (Wildman–Crippen MR) is 78.6 cm³/mol. The molecule has 1 aromatic rings. The van der Waals surface area contributed by atoms with E-state index in [-0.39, 0.29) is 5.69 Å². The summed E-state index contributed by atoms with van der Waals surface area (Å²) >= 11 is 1.53. The van der Waals surface area contributed by atoms with Gasteiger partial charge in [-0.1, -0.05) is 0 Å². The van der Waals surface area contributed by atoms with E-state index in [4.69, 9.17) is 0 Å². The molecule has 1 fully saturated rings. The zero-order chi connectivity index (χ0) is 14.8. The first-order valence-corrected chi connectivity index (χ1v) is 9.12. The van der Waals surface area contributed by atoms with Crippen molar-refractivity contribution >= 4 is 33.3 Å². The minimum Gasteiger partial charge on any atom is -0.372 e. The van der Waals surface area contributed by atoms with Gasteiger partial charge in [0.05, 0.1) is 12.4 Å². The average molecular weight is 316 g/mol. The number of amides is 1. The molecule has 0 saturated carbocycles. The van der Waals surface area contributed by atoms with Crippen LogP contribution in [0.4, 0.5) is 5.82 Å². The minimum absolute atomic E-state index is 0.157. The van der Waals surface area contributed by atoms with Crippen LogP contribution < -0.4 is 5.32 Å². The van der Waals surface area contributed by atoms with Gasteiger partial charge in [-0.05, 0) is 0 Å². The lowest BCUT2D eigenvalue weighted by Gasteiger charge is -2.33. The van der Waals surface area contributed by atoms with Gasteiger partial charge in [-0.25, -0.2) is 18.4 Å². The SMILES string of the molecule is CNc1cnc(C(=O)N2CCSCC2S(C)(=O)=O)cn1. The van der Waals surface area contributed by atoms with Crippen LogP contribution in [0.1, 0.15) is 10.5 Å². The highest BCUT2D eigenvalue weighted by atomic mass is 32.2. The molecule has 1 amide bonds. The summed E-state index contributed by atoms with van der Waals surface area (Å²) in [5.41, 5.74) is 0.157. The number of anilines is 1. The van der Waals surface area contributed by atoms with E-state index in [9.17, 15) is 13.2 Å². The average Bonchev–Trinajstić information content (AvgIpc) is 2.46. The van der Waals surface area contributed by atoms with Crippen LogP contribution in [0.15, 0.2) is 12.4 Å². The molecule has 1 unspecified atom stereocenters. The topological polar surface area (TPSA) is 92.3 Å². The van der Waals surface area contributed by atoms with Gasteiger partial charge in [0, 0.05) is 31.4 Å². The Balaban J connectivity index is 2.25. The summed E-state index contributed by atoms with van der Waals surface area (Å²) in [4.78, 5) is 21.8. The number of hydrogen-bond donors (Lipinski definition) is 1. The third kappa shape index (κ3) is 3.21. The molecule has 9 heteroatoms. The van der Waals surface area contributed by atoms with Crippen LogP contribution in [0.3, 0.4) is 0 Å². The molecular weight excluding hydrogens is 300 g/mol. The summed E-state index contributed by atoms with van der Waals surface area (Å²) in [6.07, 6.45) is 3.95. The van der Waals surface area contributed by atoms with E-state index in [0.29, 0.717) is 18.1 Å². The normalized spacial score (nSPS) is 19.7. The Morgan fingerprint density at radius 2 is 2.20 bits per heavy atom. The second-order valence-corrected chi connectivity index (χ2v) is 7.75. The van der Waals surface area contributed by atoms with Gasteiger partial charge in [-0.3, -0.25) is 4.79 Å². The van der Waals surface area contributed by atoms with Crippen molar-refractivity contribution in [2.24, 2.45) is 0 Å². The van der Waals surface area contributed by atoms with Gasteiger partial charge in [-0.2, -0.15) is 11.8 Å². The Kier molecular flexibility index (Phi) is 4.48. The Morgan fingerprint density at radius 3 is 2.75 bits per heavy atom. The maximum absolute atomic E-state index is 12.4. The first-order chi connectivity index (χ1) is 9.43. The van der Waals surface area contributed by atoms with Gasteiger partial charge in [-0.15, -0.1) is 0 Å². The van der Waals surface area contributed by atoms with Crippen LogP contribution in [-0.2, 0) is 9.84 Å². The molecule has 1 aliphatic heterocycles. The van der Waals surface area contributed by atoms with E-state index in [0.717, 1.165) is 12.0 Å². The Labute approximate surface area is 122 Å². The Bertz CT molecular complexity index is 588. The molecule has 0 radical (unpaired) electrons. The maximum Gasteiger partial charge on any atom is 0.275 e. The van der Waals surface area contributed by atoms with Gasteiger partial charge >= 0.3 is 0 Å². The largest absolute Gasteiger partial charge is 0.372 e. The molecular formula is C11H16N4O3S2. The quantitative estimate of drug-likeness (QED) is 0.844. The van der Waals surface area contributed by atoms with Crippen LogP contribution in [0.2, 0.25) is 0 Å². The van der Waals surface area contributed by atoms with Crippen molar-refractivity contribution in [3.63, 3.8) is 0 Å². The number of nitrogens with zero attached hydrogens (tertiary/aromatic N) is 3. The number of nitrogens with one attached hydrogen (secondary N) is 1. The molecule has 1 aliphatic rings. The summed E-state index contributed by atoms with van der Waals surface area (Å²) in [6.45, 7) is 0.399. The fourth-order valence-electron chi connectivity index (χ4n) is 1.88. The van der Waals surface area contributed by atoms with E-state index in [1.807, 2.05) is 0 Å². The molecule has 2 heterocycles. The van der Waals surface area contributed by atoms with Crippen LogP contribution >= 0.6 is 11.8 Å². The van der Waals surface area contributed by atoms with Crippen LogP contribution in [0, 0.1) is 0 Å². The fraction of sp³-hybridized carbons (Fsp3) is 0.545. The van der Waals surface area contributed by atoms with Gasteiger partial charge in [0.15, 0.2) is 9.84 Å². The van der Waals surface area contributed by atoms with Gasteiger partial charge in [0.25, 0.3) is 5.91 Å². The molecule has 1 N–H and O–H groups in total. The van der Waals surface area contributed by atoms with Crippen molar-refractivity contribution in [3.05, 3.63) is 18.1 Å². The number of sulfone groups is 1. The van der Waals surface area contributed by atoms with Crippen molar-refractivity contribution < 1.29 is 13.2 Å². The molecule has 0 spiro atoms. The zero-order valence-corrected chi connectivity index (χ0v) is 12.9. The Morgan fingerprint density at radius 1 is 1.45 bits per heavy atom. The number of carbonyl (C=O) groups excluding carboxylic acids is 1. The van der Waals surface area contributed by atoms with E-state index in [1.165, 1.54) is 29.1 Å². The third-order valence-electron chi connectivity index (χ3n) is 2.97. The molecule has 110 valence electrons. The third-order valence-corrected chi connectivity index (χ3v) is 5.61. The van der Waals surface area contributed by atoms with Crippen molar-refractivity contribution in [2.75, 3.05) is 36.7 Å². The lowest BCUT2D eigenvalue weighted by Crippen LogP contribution is -2.50. The minimum atomic E-state index is -3.32. The first kappa shape index (κ1) is 15.0. The van der Waals surface area contributed by atoms with Gasteiger partial charge in [0.1, 0.15) is 16.9 Å². The summed E-state index contributed by atoms with van der Waals surface area (Å²) in [5, 5.41) is 2.02. The summed E-state index contributed by atoms with van der Waals surface area (Å²) in [5.74, 6) is 1.28. The van der Waals surface area contributed by atoms with Gasteiger partial charge in [0.2, 0.25) is 0 Å². The van der Waals surface area contributed by atoms with Crippen LogP contribution in [0.5, 0.6) is 0 Å². The molecule has 2 rings (SSSR count). The highest BCUT2D eigenvalue weighted by Crippen LogP contribution is 2.21. The van der Waals surface area contributed by atoms with Crippen molar-refractivity contribution in [1.29, 1.82) is 0 Å². The molecule has 0 aliphatic carbocycles. The second-order valence-electron chi connectivity index (χ2n) is 4.39. The highest BCUT2D eigenvalue weighted by molar-refractivity contribution is 8.00. The van der Waals surface area contributed by atoms with Crippen LogP contribution in [0.25, 0.3) is 0 Å². The highest BCUT2D eigenvalue weighted by Gasteiger charge is 2.35. The van der Waals surface area contributed by atoms with E-state index in [1.54, 1.807) is 7.05 Å². The first-order valence-electron chi connectivity index (χ1n) is 6.01. The number of rotatable bonds is 3. The molecule has 7 nitrogen and oxygen atoms in total. The summed E-state index contributed by atoms with van der Waals surface area (Å²) in [7, 11) is -1.62.